The van der Waals surface area contributed by atoms with E-state index in [0.29, 0.717) is 0 Å². The van der Waals surface area contributed by atoms with Gasteiger partial charge in [-0.2, -0.15) is 0 Å². The van der Waals surface area contributed by atoms with Crippen LogP contribution in [0.5, 0.6) is 0 Å². The molecule has 1 aromatic rings. The van der Waals surface area contributed by atoms with Crippen LogP contribution < -0.4 is 0 Å². The largest absolute Gasteiger partial charge is 0.478 e. The Hall–Kier alpha value is -1.09. The van der Waals surface area contributed by atoms with Crippen molar-refractivity contribution >= 4 is 17.6 Å². The average molecular weight is 258 g/mol. The predicted octanol–water partition coefficient (Wildman–Crippen LogP) is 4.41. The number of unbranched alkanes of at least 4 members (excludes halogenated alkanes) is 4. The molecule has 0 aliphatic rings. The van der Waals surface area contributed by atoms with Gasteiger partial charge in [0.15, 0.2) is 0 Å². The number of pyridine rings is 1. The lowest BCUT2D eigenvalue weighted by Crippen LogP contribution is -1.97. The van der Waals surface area contributed by atoms with Crippen molar-refractivity contribution in [3.05, 3.63) is 29.0 Å². The van der Waals surface area contributed by atoms with Crippen molar-refractivity contribution in [3.8, 4) is 0 Å². The van der Waals surface area contributed by atoms with Gasteiger partial charge in [-0.1, -0.05) is 57.6 Å². The molecule has 1 N–H and O–H groups in total. The topological polar surface area (TPSA) is 50.2 Å². The zero-order chi connectivity index (χ0) is 13.1. The maximum atomic E-state index is 10.3. The van der Waals surface area contributed by atoms with Gasteiger partial charge in [0, 0.05) is 6.20 Å². The van der Waals surface area contributed by atoms with Crippen molar-refractivity contribution in [1.82, 2.24) is 4.98 Å². The van der Waals surface area contributed by atoms with E-state index in [0.717, 1.165) is 0 Å². The Morgan fingerprint density at radius 3 is 2.24 bits per heavy atom. The van der Waals surface area contributed by atoms with Crippen molar-refractivity contribution in [1.29, 1.82) is 0 Å². The summed E-state index contributed by atoms with van der Waals surface area (Å²) in [6.07, 6.45) is 8.45. The summed E-state index contributed by atoms with van der Waals surface area (Å²) in [4.78, 5) is 13.9. The molecule has 4 heteroatoms. The highest BCUT2D eigenvalue weighted by Gasteiger charge is 2.06. The van der Waals surface area contributed by atoms with Gasteiger partial charge in [-0.25, -0.2) is 9.78 Å². The zero-order valence-electron chi connectivity index (χ0n) is 10.4. The molecule has 0 unspecified atom stereocenters. The number of aromatic carboxylic acids is 1. The Balaban J connectivity index is 0.000000325. The van der Waals surface area contributed by atoms with Gasteiger partial charge in [0.05, 0.1) is 5.56 Å². The van der Waals surface area contributed by atoms with Gasteiger partial charge in [0.25, 0.3) is 0 Å². The van der Waals surface area contributed by atoms with Crippen molar-refractivity contribution in [2.45, 2.75) is 46.0 Å². The first-order chi connectivity index (χ1) is 8.13. The highest BCUT2D eigenvalue weighted by molar-refractivity contribution is 6.32. The second-order valence-corrected chi connectivity index (χ2v) is 4.07. The normalized spacial score (nSPS) is 9.35. The molecule has 96 valence electrons. The Bertz CT molecular complexity index is 325. The van der Waals surface area contributed by atoms with Gasteiger partial charge in [-0.05, 0) is 12.1 Å². The van der Waals surface area contributed by atoms with Gasteiger partial charge in [0.2, 0.25) is 0 Å². The van der Waals surface area contributed by atoms with E-state index in [2.05, 4.69) is 18.8 Å². The summed E-state index contributed by atoms with van der Waals surface area (Å²) in [5.74, 6) is -1.06. The minimum atomic E-state index is -1.06. The maximum Gasteiger partial charge on any atom is 0.338 e. The number of carboxylic acids is 1. The lowest BCUT2D eigenvalue weighted by molar-refractivity contribution is 0.0696. The van der Waals surface area contributed by atoms with Crippen LogP contribution >= 0.6 is 11.6 Å². The molecule has 0 saturated heterocycles. The zero-order valence-corrected chi connectivity index (χ0v) is 11.2. The second-order valence-electron chi connectivity index (χ2n) is 3.71. The minimum absolute atomic E-state index is 0.0231. The van der Waals surface area contributed by atoms with E-state index in [9.17, 15) is 4.79 Å². The Morgan fingerprint density at radius 1 is 1.29 bits per heavy atom. The van der Waals surface area contributed by atoms with Crippen molar-refractivity contribution in [3.63, 3.8) is 0 Å². The van der Waals surface area contributed by atoms with E-state index in [4.69, 9.17) is 16.7 Å². The number of rotatable bonds is 5. The van der Waals surface area contributed by atoms with E-state index in [1.54, 1.807) is 0 Å². The van der Waals surface area contributed by atoms with E-state index in [1.165, 1.54) is 50.4 Å². The molecule has 0 fully saturated rings. The summed E-state index contributed by atoms with van der Waals surface area (Å²) < 4.78 is 0. The first kappa shape index (κ1) is 15.9. The molecule has 0 radical (unpaired) electrons. The summed E-state index contributed by atoms with van der Waals surface area (Å²) in [7, 11) is 0. The van der Waals surface area contributed by atoms with Gasteiger partial charge in [-0.3, -0.25) is 0 Å². The quantitative estimate of drug-likeness (QED) is 0.628. The van der Waals surface area contributed by atoms with Crippen molar-refractivity contribution in [2.75, 3.05) is 0 Å². The summed E-state index contributed by atoms with van der Waals surface area (Å²) in [5, 5.41) is 8.46. The summed E-state index contributed by atoms with van der Waals surface area (Å²) >= 11 is 5.43. The molecular formula is C13H20ClNO2. The molecule has 0 aliphatic carbocycles. The number of hydrogen-bond acceptors (Lipinski definition) is 2. The van der Waals surface area contributed by atoms with Crippen LogP contribution in [0.1, 0.15) is 56.3 Å². The lowest BCUT2D eigenvalue weighted by Gasteiger charge is -1.93. The SMILES string of the molecule is CCCCCCC.O=C(O)c1cccnc1Cl. The predicted molar refractivity (Wildman–Crippen MR) is 70.6 cm³/mol. The molecule has 0 amide bonds. The summed E-state index contributed by atoms with van der Waals surface area (Å²) in [6.45, 7) is 4.49. The number of halogens is 1. The van der Waals surface area contributed by atoms with Crippen LogP contribution in [0.2, 0.25) is 5.15 Å². The molecule has 0 saturated carbocycles. The fraction of sp³-hybridized carbons (Fsp3) is 0.538. The Labute approximate surface area is 108 Å². The third-order valence-corrected chi connectivity index (χ3v) is 2.50. The van der Waals surface area contributed by atoms with Gasteiger partial charge in [0.1, 0.15) is 5.15 Å². The third kappa shape index (κ3) is 7.75. The number of aromatic nitrogens is 1. The molecule has 0 bridgehead atoms. The van der Waals surface area contributed by atoms with Crippen molar-refractivity contribution < 1.29 is 9.90 Å². The molecule has 1 aromatic heterocycles. The van der Waals surface area contributed by atoms with Crippen molar-refractivity contribution in [2.24, 2.45) is 0 Å². The molecule has 0 spiro atoms. The molecule has 0 aliphatic heterocycles. The molecule has 0 atom stereocenters. The van der Waals surface area contributed by atoms with Crippen LogP contribution in [-0.2, 0) is 0 Å². The molecule has 3 nitrogen and oxygen atoms in total. The first-order valence-electron chi connectivity index (χ1n) is 5.97. The van der Waals surface area contributed by atoms with Crippen LogP contribution in [0.25, 0.3) is 0 Å². The van der Waals surface area contributed by atoms with Gasteiger partial charge in [-0.15, -0.1) is 0 Å². The second kappa shape index (κ2) is 10.1. The fourth-order valence-electron chi connectivity index (χ4n) is 1.22. The molecular weight excluding hydrogens is 238 g/mol. The van der Waals surface area contributed by atoms with E-state index in [-0.39, 0.29) is 10.7 Å². The summed E-state index contributed by atoms with van der Waals surface area (Å²) in [5.41, 5.74) is 0.0316. The third-order valence-electron chi connectivity index (χ3n) is 2.20. The molecule has 1 heterocycles. The molecule has 1 rings (SSSR count). The average Bonchev–Trinajstić information content (AvgIpc) is 2.31. The molecule has 17 heavy (non-hydrogen) atoms. The highest BCUT2D eigenvalue weighted by Crippen LogP contribution is 2.10. The van der Waals surface area contributed by atoms with Crippen LogP contribution in [0.3, 0.4) is 0 Å². The Kier molecular flexibility index (Phi) is 9.44. The summed E-state index contributed by atoms with van der Waals surface area (Å²) in [6, 6.07) is 2.92. The lowest BCUT2D eigenvalue weighted by atomic mass is 10.2. The van der Waals surface area contributed by atoms with Gasteiger partial charge >= 0.3 is 5.97 Å². The van der Waals surface area contributed by atoms with E-state index in [1.807, 2.05) is 0 Å². The first-order valence-corrected chi connectivity index (χ1v) is 6.35. The minimum Gasteiger partial charge on any atom is -0.478 e. The maximum absolute atomic E-state index is 10.3. The number of hydrogen-bond donors (Lipinski definition) is 1. The van der Waals surface area contributed by atoms with Crippen LogP contribution in [0.15, 0.2) is 18.3 Å². The number of carboxylic acid groups (broad SMARTS) is 1. The highest BCUT2D eigenvalue weighted by atomic mass is 35.5. The molecule has 0 aromatic carbocycles. The van der Waals surface area contributed by atoms with E-state index >= 15 is 0 Å². The number of carbonyl (C=O) groups is 1. The van der Waals surface area contributed by atoms with Gasteiger partial charge < -0.3 is 5.11 Å². The fourth-order valence-corrected chi connectivity index (χ4v) is 1.42. The van der Waals surface area contributed by atoms with E-state index < -0.39 is 5.97 Å². The van der Waals surface area contributed by atoms with Crippen LogP contribution in [0, 0.1) is 0 Å². The van der Waals surface area contributed by atoms with Crippen LogP contribution in [0.4, 0.5) is 0 Å². The van der Waals surface area contributed by atoms with Crippen LogP contribution in [-0.4, -0.2) is 16.1 Å². The Morgan fingerprint density at radius 2 is 1.88 bits per heavy atom. The monoisotopic (exact) mass is 257 g/mol. The standard InChI is InChI=1S/C7H16.C6H4ClNO2/c1-3-5-7-6-4-2;7-5-4(6(9)10)2-1-3-8-5/h3-7H2,1-2H3;1-3H,(H,9,10). The smallest absolute Gasteiger partial charge is 0.338 e. The number of nitrogens with zero attached hydrogens (tertiary/aromatic N) is 1.